The average molecular weight is 394 g/mol. The Bertz CT molecular complexity index is 990. The quantitative estimate of drug-likeness (QED) is 0.583. The number of hydrogen-bond donors (Lipinski definition) is 0. The van der Waals surface area contributed by atoms with E-state index >= 15 is 0 Å². The Morgan fingerprint density at radius 2 is 2.17 bits per heavy atom. The van der Waals surface area contributed by atoms with Gasteiger partial charge in [-0.2, -0.15) is 10.1 Å². The molecule has 1 aliphatic carbocycles. The minimum Gasteiger partial charge on any atom is -0.339 e. The van der Waals surface area contributed by atoms with Crippen molar-refractivity contribution in [2.24, 2.45) is 7.05 Å². The van der Waals surface area contributed by atoms with Gasteiger partial charge in [-0.05, 0) is 45.2 Å². The topological polar surface area (TPSA) is 89.9 Å². The molecule has 0 aromatic carbocycles. The first kappa shape index (κ1) is 19.3. The molecule has 0 spiro atoms. The molecule has 3 heterocycles. The van der Waals surface area contributed by atoms with Crippen molar-refractivity contribution in [1.29, 1.82) is 0 Å². The number of hydrogen-bond acceptors (Lipinski definition) is 6. The van der Waals surface area contributed by atoms with Crippen molar-refractivity contribution in [3.63, 3.8) is 0 Å². The summed E-state index contributed by atoms with van der Waals surface area (Å²) >= 11 is 0. The molecule has 4 rings (SSSR count). The van der Waals surface area contributed by atoms with Crippen molar-refractivity contribution in [3.8, 4) is 11.4 Å². The predicted molar refractivity (Wildman–Crippen MR) is 107 cm³/mol. The molecular formula is C21H26N6O2. The van der Waals surface area contributed by atoms with Gasteiger partial charge in [-0.1, -0.05) is 5.16 Å². The lowest BCUT2D eigenvalue weighted by atomic mass is 10.1. The molecular weight excluding hydrogens is 368 g/mol. The molecule has 1 fully saturated rings. The summed E-state index contributed by atoms with van der Waals surface area (Å²) in [6, 6.07) is 4.09. The summed E-state index contributed by atoms with van der Waals surface area (Å²) in [4.78, 5) is 23.4. The number of nitrogens with zero attached hydrogens (tertiary/aromatic N) is 6. The lowest BCUT2D eigenvalue weighted by molar-refractivity contribution is -0.132. The summed E-state index contributed by atoms with van der Waals surface area (Å²) < 4.78 is 7.21. The van der Waals surface area contributed by atoms with Crippen LogP contribution in [-0.2, 0) is 24.8 Å². The van der Waals surface area contributed by atoms with E-state index in [2.05, 4.69) is 27.1 Å². The van der Waals surface area contributed by atoms with Crippen LogP contribution in [0, 0.1) is 13.8 Å². The summed E-state index contributed by atoms with van der Waals surface area (Å²) in [6.07, 6.45) is 7.32. The molecule has 3 aromatic rings. The number of carbonyl (C=O) groups excluding carboxylic acids is 1. The number of aromatic nitrogens is 5. The Morgan fingerprint density at radius 1 is 1.34 bits per heavy atom. The second-order valence-corrected chi connectivity index (χ2v) is 7.63. The highest BCUT2D eigenvalue weighted by atomic mass is 16.5. The lowest BCUT2D eigenvalue weighted by Gasteiger charge is -2.22. The molecule has 0 aliphatic heterocycles. The lowest BCUT2D eigenvalue weighted by Crippen LogP contribution is -2.32. The monoisotopic (exact) mass is 394 g/mol. The molecule has 1 saturated carbocycles. The molecule has 1 aliphatic rings. The molecule has 0 bridgehead atoms. The second kappa shape index (κ2) is 8.14. The van der Waals surface area contributed by atoms with Gasteiger partial charge in [-0.3, -0.25) is 14.5 Å². The van der Waals surface area contributed by atoms with Gasteiger partial charge in [-0.15, -0.1) is 0 Å². The fourth-order valence-electron chi connectivity index (χ4n) is 3.53. The number of amides is 1. The largest absolute Gasteiger partial charge is 0.339 e. The van der Waals surface area contributed by atoms with E-state index in [1.165, 1.54) is 0 Å². The summed E-state index contributed by atoms with van der Waals surface area (Å²) in [7, 11) is 1.94. The Labute approximate surface area is 169 Å². The number of pyridine rings is 1. The van der Waals surface area contributed by atoms with Crippen molar-refractivity contribution in [2.75, 3.05) is 0 Å². The van der Waals surface area contributed by atoms with Crippen molar-refractivity contribution in [1.82, 2.24) is 29.8 Å². The molecule has 0 radical (unpaired) electrons. The third-order valence-corrected chi connectivity index (χ3v) is 5.46. The van der Waals surface area contributed by atoms with E-state index in [9.17, 15) is 4.79 Å². The Balaban J connectivity index is 1.34. The van der Waals surface area contributed by atoms with Crippen LogP contribution in [0.25, 0.3) is 11.4 Å². The van der Waals surface area contributed by atoms with Crippen molar-refractivity contribution in [2.45, 2.75) is 58.5 Å². The van der Waals surface area contributed by atoms with Gasteiger partial charge in [0.15, 0.2) is 0 Å². The normalized spacial score (nSPS) is 13.6. The maximum atomic E-state index is 12.9. The minimum absolute atomic E-state index is 0.183. The van der Waals surface area contributed by atoms with Gasteiger partial charge in [-0.25, -0.2) is 0 Å². The van der Waals surface area contributed by atoms with Gasteiger partial charge in [0.25, 0.3) is 0 Å². The molecule has 0 N–H and O–H groups in total. The fraction of sp³-hybridized carbons (Fsp3) is 0.476. The summed E-state index contributed by atoms with van der Waals surface area (Å²) in [5.41, 5.74) is 4.10. The zero-order valence-electron chi connectivity index (χ0n) is 17.1. The molecule has 8 heteroatoms. The fourth-order valence-corrected chi connectivity index (χ4v) is 3.53. The van der Waals surface area contributed by atoms with Crippen LogP contribution in [-0.4, -0.2) is 41.8 Å². The molecule has 0 saturated heterocycles. The van der Waals surface area contributed by atoms with Crippen LogP contribution < -0.4 is 0 Å². The molecule has 0 unspecified atom stereocenters. The predicted octanol–water partition coefficient (Wildman–Crippen LogP) is 3.00. The third-order valence-electron chi connectivity index (χ3n) is 5.46. The standard InChI is InChI=1S/C21H26N6O2/c1-14-18(15(2)26(3)24-14)13-27(17-9-10-17)20(28)8-4-7-19-23-21(25-29-19)16-6-5-11-22-12-16/h5-6,11-12,17H,4,7-10,13H2,1-3H3. The molecule has 1 amide bonds. The van der Waals surface area contributed by atoms with Gasteiger partial charge in [0.2, 0.25) is 17.6 Å². The Hall–Kier alpha value is -3.03. The van der Waals surface area contributed by atoms with E-state index in [1.54, 1.807) is 12.4 Å². The van der Waals surface area contributed by atoms with E-state index in [1.807, 2.05) is 35.7 Å². The van der Waals surface area contributed by atoms with Crippen LogP contribution in [0.1, 0.15) is 48.5 Å². The highest BCUT2D eigenvalue weighted by molar-refractivity contribution is 5.77. The first-order valence-electron chi connectivity index (χ1n) is 10.0. The van der Waals surface area contributed by atoms with Crippen molar-refractivity contribution in [3.05, 3.63) is 47.4 Å². The number of carbonyl (C=O) groups is 1. The van der Waals surface area contributed by atoms with Gasteiger partial charge < -0.3 is 9.42 Å². The SMILES string of the molecule is Cc1nn(C)c(C)c1CN(C(=O)CCCc1nc(-c2cccnc2)no1)C1CC1. The zero-order valence-corrected chi connectivity index (χ0v) is 17.1. The molecule has 152 valence electrons. The van der Waals surface area contributed by atoms with E-state index in [-0.39, 0.29) is 5.91 Å². The van der Waals surface area contributed by atoms with E-state index in [0.29, 0.717) is 43.6 Å². The van der Waals surface area contributed by atoms with Crippen LogP contribution in [0.15, 0.2) is 29.0 Å². The maximum absolute atomic E-state index is 12.9. The van der Waals surface area contributed by atoms with E-state index in [0.717, 1.165) is 35.4 Å². The Kier molecular flexibility index (Phi) is 5.42. The molecule has 8 nitrogen and oxygen atoms in total. The van der Waals surface area contributed by atoms with Gasteiger partial charge >= 0.3 is 0 Å². The summed E-state index contributed by atoms with van der Waals surface area (Å²) in [5.74, 6) is 1.26. The summed E-state index contributed by atoms with van der Waals surface area (Å²) in [6.45, 7) is 4.70. The first-order chi connectivity index (χ1) is 14.0. The highest BCUT2D eigenvalue weighted by Crippen LogP contribution is 2.30. The van der Waals surface area contributed by atoms with Crippen LogP contribution in [0.2, 0.25) is 0 Å². The van der Waals surface area contributed by atoms with Gasteiger partial charge in [0.05, 0.1) is 5.69 Å². The van der Waals surface area contributed by atoms with Crippen molar-refractivity contribution < 1.29 is 9.32 Å². The van der Waals surface area contributed by atoms with E-state index in [4.69, 9.17) is 4.52 Å². The smallest absolute Gasteiger partial charge is 0.226 e. The van der Waals surface area contributed by atoms with Crippen LogP contribution >= 0.6 is 0 Å². The highest BCUT2D eigenvalue weighted by Gasteiger charge is 2.33. The molecule has 29 heavy (non-hydrogen) atoms. The number of rotatable bonds is 8. The zero-order chi connectivity index (χ0) is 20.4. The Morgan fingerprint density at radius 3 is 2.83 bits per heavy atom. The van der Waals surface area contributed by atoms with Gasteiger partial charge in [0.1, 0.15) is 0 Å². The average Bonchev–Trinajstić information content (AvgIpc) is 3.39. The number of aryl methyl sites for hydroxylation is 3. The molecule has 0 atom stereocenters. The van der Waals surface area contributed by atoms with Crippen LogP contribution in [0.5, 0.6) is 0 Å². The minimum atomic E-state index is 0.183. The second-order valence-electron chi connectivity index (χ2n) is 7.63. The van der Waals surface area contributed by atoms with E-state index < -0.39 is 0 Å². The molecule has 3 aromatic heterocycles. The van der Waals surface area contributed by atoms with Crippen LogP contribution in [0.4, 0.5) is 0 Å². The van der Waals surface area contributed by atoms with Gasteiger partial charge in [0, 0.05) is 61.7 Å². The first-order valence-corrected chi connectivity index (χ1v) is 10.0. The maximum Gasteiger partial charge on any atom is 0.226 e. The third kappa shape index (κ3) is 4.36. The summed E-state index contributed by atoms with van der Waals surface area (Å²) in [5, 5.41) is 8.48. The van der Waals surface area contributed by atoms with Crippen molar-refractivity contribution >= 4 is 5.91 Å². The van der Waals surface area contributed by atoms with Crippen LogP contribution in [0.3, 0.4) is 0 Å².